The molecule has 5 aromatic carbocycles. The molecule has 3 amide bonds. The van der Waals surface area contributed by atoms with E-state index < -0.39 is 0 Å². The summed E-state index contributed by atoms with van der Waals surface area (Å²) in [5.74, 6) is -0.506. The van der Waals surface area contributed by atoms with Crippen molar-refractivity contribution in [1.29, 1.82) is 0 Å². The molecule has 5 rings (SSSR count). The summed E-state index contributed by atoms with van der Waals surface area (Å²) < 4.78 is 0. The first-order chi connectivity index (χ1) is 21.4. The van der Waals surface area contributed by atoms with E-state index in [1.165, 1.54) is 0 Å². The Morgan fingerprint density at radius 1 is 0.500 bits per heavy atom. The maximum atomic E-state index is 12.5. The fraction of sp³-hybridized carbons (Fsp3) is 0.0833. The van der Waals surface area contributed by atoms with E-state index in [9.17, 15) is 14.4 Å². The van der Waals surface area contributed by atoms with Gasteiger partial charge in [0.2, 0.25) is 11.8 Å². The third-order valence-corrected chi connectivity index (χ3v) is 6.50. The molecule has 0 fully saturated rings. The highest BCUT2D eigenvalue weighted by atomic mass is 16.3. The number of hydrogen-bond acceptors (Lipinski definition) is 5. The van der Waals surface area contributed by atoms with Crippen molar-refractivity contribution < 1.29 is 19.5 Å². The molecule has 8 nitrogen and oxygen atoms in total. The van der Waals surface area contributed by atoms with Crippen LogP contribution in [-0.4, -0.2) is 22.8 Å². The van der Waals surface area contributed by atoms with E-state index in [0.29, 0.717) is 34.7 Å². The maximum absolute atomic E-state index is 12.5. The van der Waals surface area contributed by atoms with Crippen molar-refractivity contribution in [3.8, 4) is 0 Å². The number of para-hydroxylation sites is 4. The standard InChI is InChI=1S/C22H20N2O3.C14H14N2O/c25-15-17-10-12-18(13-11-17)22(27)24-20-9-5-4-8-19(20)23-21(26)14-16-6-2-1-3-7-16;15-12-8-4-5-9-13(12)16-14(17)10-11-6-2-1-3-7-11/h1-13,25H,14-15H2,(H,23,26)(H,24,27);1-9H,10,15H2,(H,16,17). The summed E-state index contributed by atoms with van der Waals surface area (Å²) in [6.07, 6.45) is 0.612. The predicted octanol–water partition coefficient (Wildman–Crippen LogP) is 6.06. The Bertz CT molecular complexity index is 1670. The molecular weight excluding hydrogens is 552 g/mol. The molecule has 5 aromatic rings. The highest BCUT2D eigenvalue weighted by Gasteiger charge is 2.12. The summed E-state index contributed by atoms with van der Waals surface area (Å²) >= 11 is 0. The summed E-state index contributed by atoms with van der Waals surface area (Å²) in [6, 6.07) is 40.1. The van der Waals surface area contributed by atoms with E-state index in [2.05, 4.69) is 16.0 Å². The fourth-order valence-corrected chi connectivity index (χ4v) is 4.22. The molecule has 0 bridgehead atoms. The van der Waals surface area contributed by atoms with Gasteiger partial charge < -0.3 is 26.8 Å². The van der Waals surface area contributed by atoms with Crippen molar-refractivity contribution in [2.75, 3.05) is 21.7 Å². The van der Waals surface area contributed by atoms with E-state index in [0.717, 1.165) is 16.7 Å². The van der Waals surface area contributed by atoms with E-state index in [1.807, 2.05) is 72.8 Å². The maximum Gasteiger partial charge on any atom is 0.255 e. The van der Waals surface area contributed by atoms with E-state index >= 15 is 0 Å². The van der Waals surface area contributed by atoms with Crippen LogP contribution < -0.4 is 21.7 Å². The molecule has 0 atom stereocenters. The lowest BCUT2D eigenvalue weighted by Gasteiger charge is -2.12. The van der Waals surface area contributed by atoms with E-state index in [-0.39, 0.29) is 30.7 Å². The van der Waals surface area contributed by atoms with Crippen LogP contribution in [0.2, 0.25) is 0 Å². The molecule has 0 spiro atoms. The van der Waals surface area contributed by atoms with Gasteiger partial charge in [-0.3, -0.25) is 14.4 Å². The molecular formula is C36H34N4O4. The van der Waals surface area contributed by atoms with Gasteiger partial charge >= 0.3 is 0 Å². The van der Waals surface area contributed by atoms with Crippen molar-refractivity contribution in [2.24, 2.45) is 0 Å². The molecule has 0 aliphatic heterocycles. The highest BCUT2D eigenvalue weighted by molar-refractivity contribution is 6.07. The zero-order valence-corrected chi connectivity index (χ0v) is 24.1. The van der Waals surface area contributed by atoms with Crippen LogP contribution in [-0.2, 0) is 29.0 Å². The average Bonchev–Trinajstić information content (AvgIpc) is 3.04. The number of aliphatic hydroxyl groups excluding tert-OH is 1. The summed E-state index contributed by atoms with van der Waals surface area (Å²) in [7, 11) is 0. The zero-order chi connectivity index (χ0) is 31.1. The van der Waals surface area contributed by atoms with E-state index in [1.54, 1.807) is 60.7 Å². The third-order valence-electron chi connectivity index (χ3n) is 6.50. The Morgan fingerprint density at radius 3 is 1.43 bits per heavy atom. The van der Waals surface area contributed by atoms with Crippen LogP contribution in [0.25, 0.3) is 0 Å². The fourth-order valence-electron chi connectivity index (χ4n) is 4.22. The summed E-state index contributed by atoms with van der Waals surface area (Å²) in [6.45, 7) is -0.0713. The number of nitrogens with one attached hydrogen (secondary N) is 3. The molecule has 0 aromatic heterocycles. The Hall–Kier alpha value is -5.73. The second-order valence-electron chi connectivity index (χ2n) is 9.86. The molecule has 0 radical (unpaired) electrons. The van der Waals surface area contributed by atoms with Crippen LogP contribution in [0, 0.1) is 0 Å². The van der Waals surface area contributed by atoms with Crippen LogP contribution >= 0.6 is 0 Å². The van der Waals surface area contributed by atoms with Crippen molar-refractivity contribution in [3.05, 3.63) is 156 Å². The normalized spacial score (nSPS) is 10.1. The Labute approximate surface area is 256 Å². The van der Waals surface area contributed by atoms with Gasteiger partial charge in [-0.15, -0.1) is 0 Å². The Morgan fingerprint density at radius 2 is 0.932 bits per heavy atom. The second-order valence-corrected chi connectivity index (χ2v) is 9.86. The first kappa shape index (κ1) is 31.2. The minimum Gasteiger partial charge on any atom is -0.397 e. The summed E-state index contributed by atoms with van der Waals surface area (Å²) in [5.41, 5.74) is 11.2. The molecule has 0 saturated carbocycles. The number of nitrogens with two attached hydrogens (primary N) is 1. The van der Waals surface area contributed by atoms with Gasteiger partial charge in [-0.25, -0.2) is 0 Å². The number of amides is 3. The first-order valence-corrected chi connectivity index (χ1v) is 14.0. The number of carbonyl (C=O) groups is 3. The smallest absolute Gasteiger partial charge is 0.255 e. The minimum atomic E-state index is -0.288. The molecule has 0 aliphatic carbocycles. The van der Waals surface area contributed by atoms with Crippen molar-refractivity contribution in [1.82, 2.24) is 0 Å². The number of nitrogen functional groups attached to an aromatic ring is 1. The van der Waals surface area contributed by atoms with Crippen LogP contribution in [0.1, 0.15) is 27.0 Å². The minimum absolute atomic E-state index is 0.0610. The third kappa shape index (κ3) is 9.68. The van der Waals surface area contributed by atoms with E-state index in [4.69, 9.17) is 10.8 Å². The monoisotopic (exact) mass is 586 g/mol. The predicted molar refractivity (Wildman–Crippen MR) is 175 cm³/mol. The number of rotatable bonds is 9. The van der Waals surface area contributed by atoms with Gasteiger partial charge in [-0.1, -0.05) is 97.1 Å². The van der Waals surface area contributed by atoms with Crippen molar-refractivity contribution >= 4 is 40.5 Å². The van der Waals surface area contributed by atoms with Crippen LogP contribution in [0.15, 0.2) is 133 Å². The molecule has 0 aliphatic rings. The topological polar surface area (TPSA) is 134 Å². The molecule has 0 unspecified atom stereocenters. The number of aliphatic hydroxyl groups is 1. The lowest BCUT2D eigenvalue weighted by molar-refractivity contribution is -0.116. The number of anilines is 4. The van der Waals surface area contributed by atoms with Gasteiger partial charge in [0.1, 0.15) is 0 Å². The van der Waals surface area contributed by atoms with Gasteiger partial charge in [0.05, 0.1) is 42.2 Å². The molecule has 6 N–H and O–H groups in total. The van der Waals surface area contributed by atoms with Crippen molar-refractivity contribution in [3.63, 3.8) is 0 Å². The van der Waals surface area contributed by atoms with Gasteiger partial charge in [0, 0.05) is 5.56 Å². The summed E-state index contributed by atoms with van der Waals surface area (Å²) in [5, 5.41) is 17.5. The molecule has 44 heavy (non-hydrogen) atoms. The lowest BCUT2D eigenvalue weighted by atomic mass is 10.1. The van der Waals surface area contributed by atoms with Crippen LogP contribution in [0.5, 0.6) is 0 Å². The number of hydrogen-bond donors (Lipinski definition) is 5. The largest absolute Gasteiger partial charge is 0.397 e. The lowest BCUT2D eigenvalue weighted by Crippen LogP contribution is -2.18. The van der Waals surface area contributed by atoms with Gasteiger partial charge in [0.15, 0.2) is 0 Å². The second kappa shape index (κ2) is 16.1. The zero-order valence-electron chi connectivity index (χ0n) is 24.1. The Balaban J connectivity index is 0.000000223. The van der Waals surface area contributed by atoms with Gasteiger partial charge in [-0.05, 0) is 53.1 Å². The van der Waals surface area contributed by atoms with Gasteiger partial charge in [0.25, 0.3) is 5.91 Å². The molecule has 0 saturated heterocycles. The number of carbonyl (C=O) groups excluding carboxylic acids is 3. The molecule has 8 heteroatoms. The van der Waals surface area contributed by atoms with Crippen LogP contribution in [0.3, 0.4) is 0 Å². The molecule has 0 heterocycles. The Kier molecular flexibility index (Phi) is 11.4. The van der Waals surface area contributed by atoms with Crippen molar-refractivity contribution in [2.45, 2.75) is 19.4 Å². The SMILES string of the molecule is Nc1ccccc1NC(=O)Cc1ccccc1.O=C(Cc1ccccc1)Nc1ccccc1NC(=O)c1ccc(CO)cc1. The highest BCUT2D eigenvalue weighted by Crippen LogP contribution is 2.22. The quantitative estimate of drug-likeness (QED) is 0.134. The number of benzene rings is 5. The summed E-state index contributed by atoms with van der Waals surface area (Å²) in [4.78, 5) is 36.5. The average molecular weight is 587 g/mol. The van der Waals surface area contributed by atoms with Crippen LogP contribution in [0.4, 0.5) is 22.7 Å². The first-order valence-electron chi connectivity index (χ1n) is 14.0. The molecule has 222 valence electrons. The van der Waals surface area contributed by atoms with Gasteiger partial charge in [-0.2, -0.15) is 0 Å².